The summed E-state index contributed by atoms with van der Waals surface area (Å²) in [5.41, 5.74) is 7.42. The lowest BCUT2D eigenvalue weighted by Crippen LogP contribution is -2.72. The van der Waals surface area contributed by atoms with Gasteiger partial charge in [0.1, 0.15) is 28.9 Å². The number of hydrogen-bond donors (Lipinski definition) is 3. The minimum atomic E-state index is -4.17. The van der Waals surface area contributed by atoms with E-state index in [1.165, 1.54) is 42.6 Å². The van der Waals surface area contributed by atoms with Crippen molar-refractivity contribution in [2.24, 2.45) is 5.73 Å². The molecular formula is C32H38N4O12S3. The first-order valence-corrected chi connectivity index (χ1v) is 19.5. The molecule has 0 saturated carbocycles. The second-order valence-electron chi connectivity index (χ2n) is 13.5. The number of nitrogens with one attached hydrogen (secondary N) is 1. The van der Waals surface area contributed by atoms with Crippen molar-refractivity contribution in [3.63, 3.8) is 0 Å². The summed E-state index contributed by atoms with van der Waals surface area (Å²) in [6.45, 7) is 7.21. The van der Waals surface area contributed by atoms with Gasteiger partial charge in [-0.15, -0.1) is 11.8 Å². The number of nitrogens with two attached hydrogens (primary N) is 1. The number of rotatable bonds is 8. The van der Waals surface area contributed by atoms with Gasteiger partial charge in [0.05, 0.1) is 16.7 Å². The summed E-state index contributed by atoms with van der Waals surface area (Å²) in [6.07, 6.45) is 0.336. The van der Waals surface area contributed by atoms with Crippen LogP contribution in [0.1, 0.15) is 51.3 Å². The number of nitrogens with zero attached hydrogens (tertiary/aromatic N) is 2. The Morgan fingerprint density at radius 3 is 2.10 bits per heavy atom. The average molecular weight is 767 g/mol. The lowest BCUT2D eigenvalue weighted by molar-refractivity contribution is -0.181. The molecule has 4 fully saturated rings. The SMILES string of the molecule is CC1(C)S[C@@H]2CC(=O)N2[C@H]1C(=O)OCOC(=O)[C@@H]1N2C(=O)[C@@H](NC(=O)[C@H](N)c3ccccc3)[C@H]2S(=O)(=O)C1(C)C.Cc1ccc(S(=O)(=O)O)cc1. The summed E-state index contributed by atoms with van der Waals surface area (Å²) in [7, 11) is -8.19. The summed E-state index contributed by atoms with van der Waals surface area (Å²) >= 11 is 1.48. The van der Waals surface area contributed by atoms with E-state index < -0.39 is 89.5 Å². The standard InChI is InChI=1S/C25H30N4O9S2.C7H8O3S/c1-24(2)17(28-13(30)10-14(28)39-24)22(33)37-11-38-23(34)18-25(3,4)40(35,36)21-16(20(32)29(18)21)27-19(31)15(26)12-8-6-5-7-9-12;1-6-2-4-7(5-3-6)11(8,9)10/h5-9,14-18,21H,10-11,26H2,1-4H3,(H,27,31);2-5H,1H3,(H,8,9,10)/t14-,15-,16-,17+,18+,21-;/m1./s1. The zero-order valence-electron chi connectivity index (χ0n) is 28.2. The third-order valence-corrected chi connectivity index (χ3v) is 14.5. The molecule has 0 bridgehead atoms. The Kier molecular flexibility index (Phi) is 10.1. The van der Waals surface area contributed by atoms with Gasteiger partial charge in [0.25, 0.3) is 10.1 Å². The highest BCUT2D eigenvalue weighted by molar-refractivity contribution is 8.01. The molecule has 0 aliphatic carbocycles. The van der Waals surface area contributed by atoms with Crippen molar-refractivity contribution in [2.75, 3.05) is 6.79 Å². The van der Waals surface area contributed by atoms with Crippen molar-refractivity contribution >= 4 is 61.4 Å². The van der Waals surface area contributed by atoms with Crippen LogP contribution in [-0.2, 0) is 53.4 Å². The van der Waals surface area contributed by atoms with Crippen LogP contribution in [0.3, 0.4) is 0 Å². The normalized spacial score (nSPS) is 27.0. The van der Waals surface area contributed by atoms with E-state index in [0.29, 0.717) is 12.0 Å². The molecule has 0 spiro atoms. The molecule has 2 aromatic carbocycles. The summed E-state index contributed by atoms with van der Waals surface area (Å²) in [5.74, 6) is -3.53. The molecule has 276 valence electrons. The topological polar surface area (TPSA) is 237 Å². The van der Waals surface area contributed by atoms with Gasteiger partial charge in [-0.05, 0) is 52.3 Å². The van der Waals surface area contributed by atoms with Gasteiger partial charge in [-0.3, -0.25) is 18.9 Å². The smallest absolute Gasteiger partial charge is 0.333 e. The summed E-state index contributed by atoms with van der Waals surface area (Å²) in [6, 6.07) is 9.39. The fraction of sp³-hybridized carbons (Fsp3) is 0.469. The number of carbonyl (C=O) groups excluding carboxylic acids is 5. The highest BCUT2D eigenvalue weighted by Gasteiger charge is 2.73. The molecule has 16 nitrogen and oxygen atoms in total. The lowest BCUT2D eigenvalue weighted by Gasteiger charge is -2.43. The molecule has 0 aromatic heterocycles. The number of amides is 3. The highest BCUT2D eigenvalue weighted by atomic mass is 32.2. The fourth-order valence-corrected chi connectivity index (χ4v) is 10.8. The number of aryl methyl sites for hydroxylation is 1. The minimum absolute atomic E-state index is 0.0666. The Hall–Kier alpha value is -4.04. The fourth-order valence-electron chi connectivity index (χ4n) is 6.45. The van der Waals surface area contributed by atoms with Gasteiger partial charge in [0.2, 0.25) is 24.5 Å². The molecule has 0 radical (unpaired) electrons. The molecule has 6 rings (SSSR count). The van der Waals surface area contributed by atoms with E-state index >= 15 is 0 Å². The molecule has 4 N–H and O–H groups in total. The quantitative estimate of drug-likeness (QED) is 0.145. The number of fused-ring (bicyclic) bond motifs is 2. The number of esters is 2. The third kappa shape index (κ3) is 6.84. The average Bonchev–Trinajstić information content (AvgIpc) is 3.36. The van der Waals surface area contributed by atoms with Crippen molar-refractivity contribution in [1.29, 1.82) is 0 Å². The van der Waals surface area contributed by atoms with E-state index in [9.17, 15) is 40.8 Å². The molecule has 4 aliphatic rings. The van der Waals surface area contributed by atoms with E-state index in [2.05, 4.69) is 5.32 Å². The molecular weight excluding hydrogens is 729 g/mol. The van der Waals surface area contributed by atoms with Gasteiger partial charge in [0.15, 0.2) is 15.2 Å². The molecule has 19 heteroatoms. The first-order valence-electron chi connectivity index (χ1n) is 15.6. The van der Waals surface area contributed by atoms with E-state index in [4.69, 9.17) is 19.8 Å². The van der Waals surface area contributed by atoms with Crippen molar-refractivity contribution in [1.82, 2.24) is 15.1 Å². The Morgan fingerprint density at radius 2 is 1.55 bits per heavy atom. The number of benzene rings is 2. The van der Waals surface area contributed by atoms with E-state index in [1.54, 1.807) is 42.5 Å². The van der Waals surface area contributed by atoms with Crippen LogP contribution in [0.4, 0.5) is 0 Å². The first kappa shape index (κ1) is 38.2. The van der Waals surface area contributed by atoms with Crippen LogP contribution in [0.2, 0.25) is 0 Å². The monoisotopic (exact) mass is 766 g/mol. The number of thioether (sulfide) groups is 1. The van der Waals surface area contributed by atoms with Gasteiger partial charge in [-0.2, -0.15) is 8.42 Å². The maximum absolute atomic E-state index is 13.4. The molecule has 6 atom stereocenters. The number of β-lactam (4-membered cyclic amide) rings is 2. The molecule has 4 heterocycles. The van der Waals surface area contributed by atoms with Crippen LogP contribution in [0.25, 0.3) is 0 Å². The van der Waals surface area contributed by atoms with E-state index in [-0.39, 0.29) is 16.2 Å². The molecule has 51 heavy (non-hydrogen) atoms. The van der Waals surface area contributed by atoms with Gasteiger partial charge >= 0.3 is 11.9 Å². The summed E-state index contributed by atoms with van der Waals surface area (Å²) in [5, 5.41) is 0.806. The molecule has 4 saturated heterocycles. The molecule has 0 unspecified atom stereocenters. The Morgan fingerprint density at radius 1 is 0.980 bits per heavy atom. The van der Waals surface area contributed by atoms with E-state index in [0.717, 1.165) is 10.5 Å². The van der Waals surface area contributed by atoms with Crippen LogP contribution in [0.5, 0.6) is 0 Å². The molecule has 2 aromatic rings. The maximum Gasteiger partial charge on any atom is 0.333 e. The van der Waals surface area contributed by atoms with Crippen molar-refractivity contribution in [3.8, 4) is 0 Å². The highest BCUT2D eigenvalue weighted by Crippen LogP contribution is 2.51. The number of hydrogen-bond acceptors (Lipinski definition) is 13. The Bertz CT molecular complexity index is 1970. The van der Waals surface area contributed by atoms with Gasteiger partial charge in [0, 0.05) is 4.75 Å². The van der Waals surface area contributed by atoms with Gasteiger partial charge in [-0.25, -0.2) is 18.0 Å². The predicted octanol–water partition coefficient (Wildman–Crippen LogP) is 0.653. The van der Waals surface area contributed by atoms with Gasteiger partial charge in [-0.1, -0.05) is 48.0 Å². The zero-order chi connectivity index (χ0) is 37.8. The maximum atomic E-state index is 13.4. The Labute approximate surface area is 299 Å². The predicted molar refractivity (Wildman–Crippen MR) is 181 cm³/mol. The van der Waals surface area contributed by atoms with Gasteiger partial charge < -0.3 is 30.3 Å². The van der Waals surface area contributed by atoms with Crippen molar-refractivity contribution in [3.05, 3.63) is 65.7 Å². The van der Waals surface area contributed by atoms with Crippen LogP contribution in [0, 0.1) is 6.92 Å². The van der Waals surface area contributed by atoms with Crippen LogP contribution >= 0.6 is 11.8 Å². The molecule has 3 amide bonds. The summed E-state index contributed by atoms with van der Waals surface area (Å²) < 4.78 is 64.2. The largest absolute Gasteiger partial charge is 0.426 e. The minimum Gasteiger partial charge on any atom is -0.426 e. The number of carbonyl (C=O) groups is 5. The lowest BCUT2D eigenvalue weighted by atomic mass is 9.95. The van der Waals surface area contributed by atoms with Crippen LogP contribution in [0.15, 0.2) is 59.5 Å². The second kappa shape index (κ2) is 13.5. The zero-order valence-corrected chi connectivity index (χ0v) is 30.7. The molecule has 4 aliphatic heterocycles. The summed E-state index contributed by atoms with van der Waals surface area (Å²) in [4.78, 5) is 65.9. The Balaban J connectivity index is 0.000000392. The van der Waals surface area contributed by atoms with Crippen molar-refractivity contribution in [2.45, 2.75) is 90.3 Å². The third-order valence-electron chi connectivity index (χ3n) is 9.30. The van der Waals surface area contributed by atoms with Crippen LogP contribution in [-0.4, -0.2) is 106 Å². The van der Waals surface area contributed by atoms with E-state index in [1.807, 2.05) is 20.8 Å². The van der Waals surface area contributed by atoms with Crippen LogP contribution < -0.4 is 11.1 Å². The second-order valence-corrected chi connectivity index (χ2v) is 19.4. The number of sulfone groups is 1. The van der Waals surface area contributed by atoms with Crippen molar-refractivity contribution < 1.29 is 54.8 Å². The number of ether oxygens (including phenoxy) is 2. The first-order chi connectivity index (χ1) is 23.6.